The average Bonchev–Trinajstić information content (AvgIpc) is 2.69. The molecule has 0 saturated heterocycles. The third kappa shape index (κ3) is 4.86. The monoisotopic (exact) mass is 398 g/mol. The van der Waals surface area contributed by atoms with Gasteiger partial charge >= 0.3 is 0 Å². The molecule has 152 valence electrons. The van der Waals surface area contributed by atoms with Gasteiger partial charge in [-0.2, -0.15) is 0 Å². The number of unbranched alkanes of at least 4 members (excludes halogenated alkanes) is 6. The lowest BCUT2D eigenvalue weighted by Crippen LogP contribution is -2.36. The van der Waals surface area contributed by atoms with Gasteiger partial charge in [-0.25, -0.2) is 0 Å². The van der Waals surface area contributed by atoms with Crippen molar-refractivity contribution >= 4 is 11.8 Å². The minimum absolute atomic E-state index is 0.0323. The molecule has 0 amide bonds. The summed E-state index contributed by atoms with van der Waals surface area (Å²) in [5, 5.41) is 19.7. The van der Waals surface area contributed by atoms with Crippen LogP contribution < -0.4 is 0 Å². The van der Waals surface area contributed by atoms with Gasteiger partial charge < -0.3 is 10.2 Å². The number of phenols is 2. The molecular weight excluding hydrogens is 364 g/mol. The molecule has 0 aliphatic carbocycles. The zero-order valence-corrected chi connectivity index (χ0v) is 18.1. The summed E-state index contributed by atoms with van der Waals surface area (Å²) in [5.41, 5.74) is 2.70. The zero-order valence-electron chi connectivity index (χ0n) is 17.3. The fourth-order valence-corrected chi connectivity index (χ4v) is 5.92. The normalized spacial score (nSPS) is 21.4. The lowest BCUT2D eigenvalue weighted by Gasteiger charge is -2.43. The predicted octanol–water partition coefficient (Wildman–Crippen LogP) is 7.39. The number of fused-ring (bicyclic) bond motifs is 1. The van der Waals surface area contributed by atoms with Gasteiger partial charge in [-0.1, -0.05) is 77.0 Å². The van der Waals surface area contributed by atoms with Gasteiger partial charge in [0.2, 0.25) is 0 Å². The van der Waals surface area contributed by atoms with Crippen molar-refractivity contribution in [2.45, 2.75) is 81.4 Å². The van der Waals surface area contributed by atoms with Crippen molar-refractivity contribution in [2.24, 2.45) is 0 Å². The second kappa shape index (κ2) is 9.73. The van der Waals surface area contributed by atoms with Gasteiger partial charge in [0, 0.05) is 16.1 Å². The Hall–Kier alpha value is -1.61. The predicted molar refractivity (Wildman–Crippen MR) is 120 cm³/mol. The second-order valence-corrected chi connectivity index (χ2v) is 9.45. The maximum absolute atomic E-state index is 9.93. The summed E-state index contributed by atoms with van der Waals surface area (Å²) in [4.78, 5) is 1.23. The van der Waals surface area contributed by atoms with Gasteiger partial charge in [0.1, 0.15) is 11.5 Å². The van der Waals surface area contributed by atoms with Crippen LogP contribution in [0, 0.1) is 0 Å². The van der Waals surface area contributed by atoms with Crippen LogP contribution in [0.1, 0.15) is 82.3 Å². The first-order chi connectivity index (χ1) is 13.5. The van der Waals surface area contributed by atoms with Crippen molar-refractivity contribution in [2.75, 3.05) is 5.75 Å². The Morgan fingerprint density at radius 1 is 0.893 bits per heavy atom. The van der Waals surface area contributed by atoms with Crippen LogP contribution in [-0.4, -0.2) is 16.0 Å². The Balaban J connectivity index is 1.77. The first-order valence-corrected chi connectivity index (χ1v) is 11.8. The SMILES string of the molecule is CCCCCCCCC[C@@H]1c2ccc(O)cc2SC[C@]1(C)c1ccc(O)cc1. The standard InChI is InChI=1S/C25H34O2S/c1-3-4-5-6-7-8-9-10-23-22-16-15-21(27)17-24(22)28-18-25(23,2)19-11-13-20(26)14-12-19/h11-17,23,26-27H,3-10,18H2,1-2H3/t23-,25-/m1/s1. The van der Waals surface area contributed by atoms with Crippen LogP contribution in [0.5, 0.6) is 11.5 Å². The molecule has 0 saturated carbocycles. The van der Waals surface area contributed by atoms with E-state index < -0.39 is 0 Å². The second-order valence-electron chi connectivity index (χ2n) is 8.44. The van der Waals surface area contributed by atoms with E-state index in [2.05, 4.69) is 32.0 Å². The van der Waals surface area contributed by atoms with Crippen LogP contribution in [0.4, 0.5) is 0 Å². The molecule has 2 nitrogen and oxygen atoms in total. The molecule has 0 aromatic heterocycles. The van der Waals surface area contributed by atoms with Crippen molar-refractivity contribution in [1.29, 1.82) is 0 Å². The molecule has 1 aliphatic rings. The molecule has 2 atom stereocenters. The fourth-order valence-electron chi connectivity index (χ4n) is 4.51. The third-order valence-corrected chi connectivity index (χ3v) is 7.70. The molecule has 2 aromatic carbocycles. The number of rotatable bonds is 9. The number of thioether (sulfide) groups is 1. The smallest absolute Gasteiger partial charge is 0.116 e. The summed E-state index contributed by atoms with van der Waals surface area (Å²) in [6.45, 7) is 4.63. The number of hydrogen-bond acceptors (Lipinski definition) is 3. The molecule has 0 spiro atoms. The number of benzene rings is 2. The van der Waals surface area contributed by atoms with Crippen LogP contribution in [0.3, 0.4) is 0 Å². The van der Waals surface area contributed by atoms with E-state index in [0.717, 1.165) is 5.75 Å². The third-order valence-electron chi connectivity index (χ3n) is 6.29. The van der Waals surface area contributed by atoms with E-state index in [0.29, 0.717) is 17.4 Å². The topological polar surface area (TPSA) is 40.5 Å². The average molecular weight is 399 g/mol. The summed E-state index contributed by atoms with van der Waals surface area (Å²) < 4.78 is 0. The van der Waals surface area contributed by atoms with Crippen LogP contribution in [0.2, 0.25) is 0 Å². The van der Waals surface area contributed by atoms with Gasteiger partial charge in [0.05, 0.1) is 0 Å². The summed E-state index contributed by atoms with van der Waals surface area (Å²) >= 11 is 1.84. The highest BCUT2D eigenvalue weighted by Gasteiger charge is 2.41. The Labute approximate surface area is 174 Å². The largest absolute Gasteiger partial charge is 0.508 e. The molecule has 3 heteroatoms. The zero-order chi connectivity index (χ0) is 20.0. The molecule has 1 heterocycles. The highest BCUT2D eigenvalue weighted by atomic mass is 32.2. The minimum atomic E-state index is 0.0323. The van der Waals surface area contributed by atoms with E-state index in [-0.39, 0.29) is 5.41 Å². The number of aromatic hydroxyl groups is 2. The van der Waals surface area contributed by atoms with E-state index in [4.69, 9.17) is 0 Å². The van der Waals surface area contributed by atoms with Crippen LogP contribution in [0.15, 0.2) is 47.4 Å². The Kier molecular flexibility index (Phi) is 7.34. The van der Waals surface area contributed by atoms with Crippen molar-refractivity contribution < 1.29 is 10.2 Å². The molecule has 28 heavy (non-hydrogen) atoms. The van der Waals surface area contributed by atoms with E-state index >= 15 is 0 Å². The van der Waals surface area contributed by atoms with E-state index in [1.807, 2.05) is 36.0 Å². The number of phenolic OH excluding ortho intramolecular Hbond substituents is 2. The molecule has 3 rings (SSSR count). The highest BCUT2D eigenvalue weighted by Crippen LogP contribution is 2.52. The Morgan fingerprint density at radius 3 is 2.25 bits per heavy atom. The van der Waals surface area contributed by atoms with Gasteiger partial charge in [-0.05, 0) is 47.7 Å². The van der Waals surface area contributed by atoms with E-state index in [1.54, 1.807) is 0 Å². The van der Waals surface area contributed by atoms with Crippen LogP contribution in [-0.2, 0) is 5.41 Å². The first-order valence-electron chi connectivity index (χ1n) is 10.8. The van der Waals surface area contributed by atoms with Crippen molar-refractivity contribution in [3.8, 4) is 11.5 Å². The number of hydrogen-bond donors (Lipinski definition) is 2. The maximum Gasteiger partial charge on any atom is 0.116 e. The minimum Gasteiger partial charge on any atom is -0.508 e. The van der Waals surface area contributed by atoms with Crippen LogP contribution in [0.25, 0.3) is 0 Å². The summed E-state index contributed by atoms with van der Waals surface area (Å²) in [6, 6.07) is 13.7. The lowest BCUT2D eigenvalue weighted by atomic mass is 9.68. The molecule has 0 radical (unpaired) electrons. The summed E-state index contributed by atoms with van der Waals surface area (Å²) in [6.07, 6.45) is 10.4. The summed E-state index contributed by atoms with van der Waals surface area (Å²) in [7, 11) is 0. The van der Waals surface area contributed by atoms with Gasteiger partial charge in [-0.3, -0.25) is 0 Å². The summed E-state index contributed by atoms with van der Waals surface area (Å²) in [5.74, 6) is 2.11. The molecular formula is C25H34O2S. The van der Waals surface area contributed by atoms with Crippen molar-refractivity contribution in [3.05, 3.63) is 53.6 Å². The Morgan fingerprint density at radius 2 is 1.54 bits per heavy atom. The van der Waals surface area contributed by atoms with Gasteiger partial charge in [0.25, 0.3) is 0 Å². The van der Waals surface area contributed by atoms with Gasteiger partial charge in [-0.15, -0.1) is 11.8 Å². The Bertz CT molecular complexity index is 756. The molecule has 0 bridgehead atoms. The van der Waals surface area contributed by atoms with Gasteiger partial charge in [0.15, 0.2) is 0 Å². The highest BCUT2D eigenvalue weighted by molar-refractivity contribution is 7.99. The first kappa shape index (κ1) is 21.1. The molecule has 2 N–H and O–H groups in total. The quantitative estimate of drug-likeness (QED) is 0.433. The molecule has 0 unspecified atom stereocenters. The van der Waals surface area contributed by atoms with E-state index in [9.17, 15) is 10.2 Å². The fraction of sp³-hybridized carbons (Fsp3) is 0.520. The maximum atomic E-state index is 9.93. The molecule has 1 aliphatic heterocycles. The lowest BCUT2D eigenvalue weighted by molar-refractivity contribution is 0.370. The molecule has 2 aromatic rings. The van der Waals surface area contributed by atoms with E-state index in [1.165, 1.54) is 67.4 Å². The van der Waals surface area contributed by atoms with Crippen molar-refractivity contribution in [1.82, 2.24) is 0 Å². The van der Waals surface area contributed by atoms with Crippen molar-refractivity contribution in [3.63, 3.8) is 0 Å². The van der Waals surface area contributed by atoms with Crippen LogP contribution >= 0.6 is 11.8 Å². The molecule has 0 fully saturated rings.